The number of hydrogen-bond donors (Lipinski definition) is 2. The van der Waals surface area contributed by atoms with Gasteiger partial charge in [-0.25, -0.2) is 8.78 Å². The minimum absolute atomic E-state index is 0.121. The number of rotatable bonds is 3. The number of halogens is 2. The number of nitrogens with zero attached hydrogens (tertiary/aromatic N) is 1. The van der Waals surface area contributed by atoms with E-state index in [1.165, 1.54) is 13.0 Å². The second-order valence-corrected chi connectivity index (χ2v) is 6.34. The van der Waals surface area contributed by atoms with Crippen LogP contribution in [0.1, 0.15) is 29.2 Å². The molecule has 0 saturated carbocycles. The van der Waals surface area contributed by atoms with Crippen LogP contribution in [0.4, 0.5) is 8.78 Å². The van der Waals surface area contributed by atoms with Gasteiger partial charge in [0.15, 0.2) is 0 Å². The summed E-state index contributed by atoms with van der Waals surface area (Å²) in [5, 5.41) is 16.5. The molecule has 0 amide bonds. The molecule has 0 atom stereocenters. The summed E-state index contributed by atoms with van der Waals surface area (Å²) in [4.78, 5) is 0. The van der Waals surface area contributed by atoms with Gasteiger partial charge in [-0.1, -0.05) is 60.7 Å². The van der Waals surface area contributed by atoms with Gasteiger partial charge < -0.3 is 5.73 Å². The highest BCUT2D eigenvalue weighted by molar-refractivity contribution is 6.14. The van der Waals surface area contributed by atoms with Crippen LogP contribution in [0.25, 0.3) is 5.70 Å². The zero-order valence-corrected chi connectivity index (χ0v) is 16.2. The van der Waals surface area contributed by atoms with Crippen LogP contribution in [0.2, 0.25) is 0 Å². The second-order valence-electron chi connectivity index (χ2n) is 6.34. The molecule has 0 spiro atoms. The average Bonchev–Trinajstić information content (AvgIpc) is 2.76. The van der Waals surface area contributed by atoms with Crippen molar-refractivity contribution in [2.75, 3.05) is 0 Å². The molecule has 0 saturated heterocycles. The van der Waals surface area contributed by atoms with Crippen molar-refractivity contribution in [3.63, 3.8) is 0 Å². The molecular formula is C24H21F2N3. The third-order valence-corrected chi connectivity index (χ3v) is 4.30. The van der Waals surface area contributed by atoms with Gasteiger partial charge in [0.25, 0.3) is 0 Å². The molecular weight excluding hydrogens is 368 g/mol. The van der Waals surface area contributed by atoms with Gasteiger partial charge in [-0.2, -0.15) is 5.26 Å². The third kappa shape index (κ3) is 5.60. The molecule has 0 unspecified atom stereocenters. The lowest BCUT2D eigenvalue weighted by Gasteiger charge is -2.09. The average molecular weight is 389 g/mol. The van der Waals surface area contributed by atoms with Crippen molar-refractivity contribution in [1.29, 1.82) is 10.7 Å². The zero-order chi connectivity index (χ0) is 21.4. The van der Waals surface area contributed by atoms with E-state index in [-0.39, 0.29) is 11.1 Å². The Morgan fingerprint density at radius 3 is 1.93 bits per heavy atom. The fourth-order valence-corrected chi connectivity index (χ4v) is 2.53. The topological polar surface area (TPSA) is 73.7 Å². The van der Waals surface area contributed by atoms with E-state index < -0.39 is 11.6 Å². The van der Waals surface area contributed by atoms with Gasteiger partial charge in [0.1, 0.15) is 17.7 Å². The quantitative estimate of drug-likeness (QED) is 0.573. The molecule has 146 valence electrons. The first-order valence-electron chi connectivity index (χ1n) is 8.87. The molecule has 0 heterocycles. The lowest BCUT2D eigenvalue weighted by Crippen LogP contribution is -2.08. The van der Waals surface area contributed by atoms with E-state index in [0.29, 0.717) is 17.5 Å². The summed E-state index contributed by atoms with van der Waals surface area (Å²) >= 11 is 0. The minimum atomic E-state index is -0.810. The summed E-state index contributed by atoms with van der Waals surface area (Å²) in [6.45, 7) is 3.37. The summed E-state index contributed by atoms with van der Waals surface area (Å²) in [5.74, 6) is -1.43. The predicted molar refractivity (Wildman–Crippen MR) is 112 cm³/mol. The highest BCUT2D eigenvalue weighted by Crippen LogP contribution is 2.17. The normalized spacial score (nSPS) is 10.9. The minimum Gasteiger partial charge on any atom is -0.398 e. The third-order valence-electron chi connectivity index (χ3n) is 4.30. The summed E-state index contributed by atoms with van der Waals surface area (Å²) in [7, 11) is 0. The van der Waals surface area contributed by atoms with E-state index in [9.17, 15) is 8.78 Å². The lowest BCUT2D eigenvalue weighted by molar-refractivity contribution is 0.575. The Morgan fingerprint density at radius 1 is 0.897 bits per heavy atom. The summed E-state index contributed by atoms with van der Waals surface area (Å²) < 4.78 is 25.1. The number of nitrogens with one attached hydrogen (secondary N) is 1. The predicted octanol–water partition coefficient (Wildman–Crippen LogP) is 5.59. The lowest BCUT2D eigenvalue weighted by atomic mass is 9.99. The first kappa shape index (κ1) is 21.5. The van der Waals surface area contributed by atoms with Crippen LogP contribution in [0.15, 0.2) is 78.4 Å². The summed E-state index contributed by atoms with van der Waals surface area (Å²) in [6, 6.07) is 22.9. The van der Waals surface area contributed by atoms with Gasteiger partial charge in [0.05, 0.1) is 11.3 Å². The Bertz CT molecular complexity index is 1070. The van der Waals surface area contributed by atoms with Gasteiger partial charge in [0, 0.05) is 11.8 Å². The number of aryl methyl sites for hydroxylation is 1. The Hall–Kier alpha value is -3.78. The maximum Gasteiger partial charge on any atom is 0.143 e. The molecule has 0 aliphatic carbocycles. The Labute approximate surface area is 169 Å². The van der Waals surface area contributed by atoms with E-state index in [2.05, 4.69) is 0 Å². The fraction of sp³-hybridized carbons (Fsp3) is 0.0833. The van der Waals surface area contributed by atoms with Crippen molar-refractivity contribution in [3.05, 3.63) is 112 Å². The molecule has 3 N–H and O–H groups in total. The number of nitriles is 1. The molecule has 0 radical (unpaired) electrons. The van der Waals surface area contributed by atoms with Crippen molar-refractivity contribution >= 4 is 11.4 Å². The molecule has 0 fully saturated rings. The fourth-order valence-electron chi connectivity index (χ4n) is 2.53. The molecule has 5 heteroatoms. The van der Waals surface area contributed by atoms with E-state index in [4.69, 9.17) is 16.4 Å². The van der Waals surface area contributed by atoms with Crippen molar-refractivity contribution in [2.45, 2.75) is 13.8 Å². The van der Waals surface area contributed by atoms with Gasteiger partial charge in [0.2, 0.25) is 0 Å². The number of hydrogen-bond acceptors (Lipinski definition) is 3. The molecule has 0 aliphatic rings. The Morgan fingerprint density at radius 2 is 1.41 bits per heavy atom. The van der Waals surface area contributed by atoms with Crippen LogP contribution in [-0.4, -0.2) is 5.71 Å². The highest BCUT2D eigenvalue weighted by atomic mass is 19.1. The molecule has 0 aliphatic heterocycles. The number of allylic oxidation sites excluding steroid dienone is 1. The Balaban J connectivity index is 0.000000234. The van der Waals surface area contributed by atoms with E-state index in [0.717, 1.165) is 16.7 Å². The van der Waals surface area contributed by atoms with Crippen LogP contribution < -0.4 is 5.73 Å². The Kier molecular flexibility index (Phi) is 7.39. The van der Waals surface area contributed by atoms with Gasteiger partial charge in [-0.3, -0.25) is 5.41 Å². The summed E-state index contributed by atoms with van der Waals surface area (Å²) in [6.07, 6.45) is 0. The van der Waals surface area contributed by atoms with Crippen LogP contribution >= 0.6 is 0 Å². The van der Waals surface area contributed by atoms with Gasteiger partial charge >= 0.3 is 0 Å². The molecule has 0 aromatic heterocycles. The van der Waals surface area contributed by atoms with Crippen LogP contribution in [0.5, 0.6) is 0 Å². The van der Waals surface area contributed by atoms with Crippen molar-refractivity contribution in [3.8, 4) is 6.07 Å². The number of benzene rings is 3. The maximum absolute atomic E-state index is 12.6. The van der Waals surface area contributed by atoms with E-state index in [1.54, 1.807) is 6.07 Å². The van der Waals surface area contributed by atoms with Crippen molar-refractivity contribution in [1.82, 2.24) is 0 Å². The monoisotopic (exact) mass is 389 g/mol. The molecule has 3 aromatic carbocycles. The van der Waals surface area contributed by atoms with Crippen molar-refractivity contribution in [2.24, 2.45) is 5.73 Å². The van der Waals surface area contributed by atoms with Gasteiger partial charge in [-0.15, -0.1) is 0 Å². The molecule has 0 bridgehead atoms. The van der Waals surface area contributed by atoms with Crippen LogP contribution in [0.3, 0.4) is 0 Å². The highest BCUT2D eigenvalue weighted by Gasteiger charge is 2.08. The van der Waals surface area contributed by atoms with E-state index >= 15 is 0 Å². The standard InChI is InChI=1S/C16H16N2.C8H5F2N/c1-12(15(17)13-8-4-2-5-9-13)16(18)14-10-6-3-7-11-14;1-5-2-6(4-11)8(10)3-7(5)9/h2-11,17H,18H2,1H3;2-3H,1H3/b16-12-,17-15?;. The first-order chi connectivity index (χ1) is 13.8. The molecule has 3 nitrogen and oxygen atoms in total. The summed E-state index contributed by atoms with van der Waals surface area (Å²) in [5.41, 5.74) is 10.0. The maximum atomic E-state index is 12.6. The van der Waals surface area contributed by atoms with Crippen LogP contribution in [0, 0.1) is 35.3 Å². The SMILES string of the molecule is C/C(C(=N)c1ccccc1)=C(/N)c1ccccc1.Cc1cc(C#N)c(F)cc1F. The zero-order valence-electron chi connectivity index (χ0n) is 16.2. The molecule has 3 rings (SSSR count). The van der Waals surface area contributed by atoms with Crippen LogP contribution in [-0.2, 0) is 0 Å². The largest absolute Gasteiger partial charge is 0.398 e. The second kappa shape index (κ2) is 9.95. The number of nitrogens with two attached hydrogens (primary N) is 1. The molecule has 29 heavy (non-hydrogen) atoms. The molecule has 3 aromatic rings. The van der Waals surface area contributed by atoms with E-state index in [1.807, 2.05) is 67.6 Å². The smallest absolute Gasteiger partial charge is 0.143 e. The van der Waals surface area contributed by atoms with Crippen molar-refractivity contribution < 1.29 is 8.78 Å². The van der Waals surface area contributed by atoms with Gasteiger partial charge in [-0.05, 0) is 42.2 Å². The first-order valence-corrected chi connectivity index (χ1v) is 8.87.